The first kappa shape index (κ1) is 39.4. The minimum absolute atomic E-state index is 0.00104. The predicted molar refractivity (Wildman–Crippen MR) is 211 cm³/mol. The third-order valence-corrected chi connectivity index (χ3v) is 9.08. The molecular formula is C40H53N9O3. The lowest BCUT2D eigenvalue weighted by Crippen LogP contribution is -2.41. The Labute approximate surface area is 307 Å². The highest BCUT2D eigenvalue weighted by molar-refractivity contribution is 6.14. The molecule has 2 amide bonds. The normalized spacial score (nSPS) is 16.3. The second-order valence-corrected chi connectivity index (χ2v) is 13.0. The van der Waals surface area contributed by atoms with Crippen LogP contribution in [-0.2, 0) is 9.59 Å². The smallest absolute Gasteiger partial charge is 0.237 e. The molecule has 2 aliphatic rings. The molecule has 2 aliphatic heterocycles. The molecule has 12 nitrogen and oxygen atoms in total. The van der Waals surface area contributed by atoms with Gasteiger partial charge in [0, 0.05) is 73.6 Å². The Morgan fingerprint density at radius 3 is 2.50 bits per heavy atom. The Morgan fingerprint density at radius 1 is 1.12 bits per heavy atom. The van der Waals surface area contributed by atoms with E-state index in [9.17, 15) is 9.59 Å². The van der Waals surface area contributed by atoms with Gasteiger partial charge in [-0.05, 0) is 81.0 Å². The number of nitrogens with one attached hydrogen (secondary N) is 1. The quantitative estimate of drug-likeness (QED) is 0.0891. The monoisotopic (exact) mass is 707 g/mol. The maximum Gasteiger partial charge on any atom is 0.237 e. The molecule has 5 rings (SSSR count). The number of aromatic nitrogens is 1. The number of nitrogens with two attached hydrogens (primary N) is 2. The number of nitrogens with zero attached hydrogens (tertiary/aromatic N) is 6. The molecule has 1 aromatic heterocycles. The van der Waals surface area contributed by atoms with Crippen molar-refractivity contribution in [2.75, 3.05) is 56.9 Å². The Kier molecular flexibility index (Phi) is 14.6. The van der Waals surface area contributed by atoms with E-state index in [4.69, 9.17) is 21.6 Å². The fourth-order valence-electron chi connectivity index (χ4n) is 6.29. The van der Waals surface area contributed by atoms with E-state index in [1.165, 1.54) is 11.9 Å². The number of amidine groups is 1. The van der Waals surface area contributed by atoms with Crippen molar-refractivity contribution in [1.29, 1.82) is 5.41 Å². The van der Waals surface area contributed by atoms with Crippen molar-refractivity contribution in [1.82, 2.24) is 14.8 Å². The molecule has 276 valence electrons. The van der Waals surface area contributed by atoms with E-state index in [1.54, 1.807) is 48.5 Å². The van der Waals surface area contributed by atoms with Crippen molar-refractivity contribution in [2.24, 2.45) is 21.6 Å². The van der Waals surface area contributed by atoms with Crippen LogP contribution in [0.3, 0.4) is 0 Å². The van der Waals surface area contributed by atoms with Crippen molar-refractivity contribution in [2.45, 2.75) is 53.1 Å². The number of rotatable bonds is 14. The molecule has 1 unspecified atom stereocenters. The highest BCUT2D eigenvalue weighted by Gasteiger charge is 2.27. The highest BCUT2D eigenvalue weighted by atomic mass is 16.5. The van der Waals surface area contributed by atoms with Crippen LogP contribution in [-0.4, -0.2) is 97.4 Å². The van der Waals surface area contributed by atoms with Gasteiger partial charge in [-0.2, -0.15) is 0 Å². The first-order chi connectivity index (χ1) is 25.1. The Hall–Kier alpha value is -5.36. The van der Waals surface area contributed by atoms with Gasteiger partial charge >= 0.3 is 0 Å². The van der Waals surface area contributed by atoms with Crippen molar-refractivity contribution < 1.29 is 14.3 Å². The summed E-state index contributed by atoms with van der Waals surface area (Å²) in [6.45, 7) is 11.7. The van der Waals surface area contributed by atoms with Gasteiger partial charge in [0.1, 0.15) is 12.2 Å². The van der Waals surface area contributed by atoms with E-state index in [2.05, 4.69) is 25.9 Å². The number of carbonyl (C=O) groups is 2. The van der Waals surface area contributed by atoms with Crippen LogP contribution in [0.2, 0.25) is 0 Å². The summed E-state index contributed by atoms with van der Waals surface area (Å²) < 4.78 is 5.61. The van der Waals surface area contributed by atoms with Crippen molar-refractivity contribution in [3.8, 4) is 5.88 Å². The molecule has 1 atom stereocenters. The molecule has 1 fully saturated rings. The number of aliphatic imine (C=N–C) groups is 2. The van der Waals surface area contributed by atoms with Crippen LogP contribution < -0.4 is 21.1 Å². The number of benzene rings is 2. The van der Waals surface area contributed by atoms with Crippen molar-refractivity contribution in [3.63, 3.8) is 0 Å². The van der Waals surface area contributed by atoms with Crippen LogP contribution in [0.1, 0.15) is 69.2 Å². The third kappa shape index (κ3) is 10.6. The molecule has 52 heavy (non-hydrogen) atoms. The lowest BCUT2D eigenvalue weighted by molar-refractivity contribution is -0.131. The van der Waals surface area contributed by atoms with Crippen LogP contribution in [0.4, 0.5) is 11.4 Å². The van der Waals surface area contributed by atoms with Crippen LogP contribution in [0.5, 0.6) is 5.88 Å². The first-order valence-electron chi connectivity index (χ1n) is 18.0. The molecule has 12 heteroatoms. The highest BCUT2D eigenvalue weighted by Crippen LogP contribution is 2.27. The van der Waals surface area contributed by atoms with Crippen LogP contribution in [0.25, 0.3) is 5.57 Å². The molecule has 0 radical (unpaired) electrons. The average Bonchev–Trinajstić information content (AvgIpc) is 3.62. The van der Waals surface area contributed by atoms with E-state index < -0.39 is 0 Å². The summed E-state index contributed by atoms with van der Waals surface area (Å²) in [7, 11) is 1.65. The molecule has 0 bridgehead atoms. The second-order valence-electron chi connectivity index (χ2n) is 13.0. The predicted octanol–water partition coefficient (Wildman–Crippen LogP) is 5.25. The number of likely N-dealkylation sites (tertiary alicyclic amines) is 1. The van der Waals surface area contributed by atoms with E-state index in [0.717, 1.165) is 49.9 Å². The van der Waals surface area contributed by atoms with Crippen LogP contribution in [0, 0.1) is 11.3 Å². The van der Waals surface area contributed by atoms with Gasteiger partial charge in [-0.1, -0.05) is 44.2 Å². The van der Waals surface area contributed by atoms with E-state index in [0.29, 0.717) is 66.3 Å². The average molecular weight is 708 g/mol. The Balaban J connectivity index is 0.00000297. The van der Waals surface area contributed by atoms with Gasteiger partial charge in [-0.25, -0.2) is 9.98 Å². The number of anilines is 2. The molecule has 1 saturated heterocycles. The SMILES string of the molecule is CC.CN=CN=C(N)c1ccc(C2=CCN(C(=O)CN3CCC(CCN(C=O)c4ccc(N)c(C(=N)c5ccc(OC(C)C)nc5)c4)C3)CC2)cc1. The van der Waals surface area contributed by atoms with Crippen LogP contribution in [0.15, 0.2) is 76.9 Å². The number of nitrogen functional groups attached to an aromatic ring is 1. The molecular weight excluding hydrogens is 654 g/mol. The Bertz CT molecular complexity index is 1750. The fraction of sp³-hybridized carbons (Fsp3) is 0.400. The number of hydrogen-bond acceptors (Lipinski definition) is 8. The third-order valence-electron chi connectivity index (χ3n) is 9.08. The number of carbonyl (C=O) groups excluding carboxylic acids is 2. The molecule has 0 spiro atoms. The molecule has 3 aromatic rings. The topological polar surface area (TPSA) is 167 Å². The molecule has 0 aliphatic carbocycles. The fourth-order valence-corrected chi connectivity index (χ4v) is 6.29. The Morgan fingerprint density at radius 2 is 1.87 bits per heavy atom. The maximum atomic E-state index is 13.2. The molecule has 3 heterocycles. The van der Waals surface area contributed by atoms with Gasteiger partial charge in [0.2, 0.25) is 18.2 Å². The number of hydrogen-bond donors (Lipinski definition) is 3. The summed E-state index contributed by atoms with van der Waals surface area (Å²) in [6.07, 6.45) is 8.57. The van der Waals surface area contributed by atoms with Crippen molar-refractivity contribution >= 4 is 47.2 Å². The summed E-state index contributed by atoms with van der Waals surface area (Å²) in [5.41, 5.74) is 17.9. The van der Waals surface area contributed by atoms with Gasteiger partial charge < -0.3 is 26.0 Å². The van der Waals surface area contributed by atoms with Gasteiger partial charge in [0.25, 0.3) is 0 Å². The number of amides is 2. The first-order valence-corrected chi connectivity index (χ1v) is 18.0. The largest absolute Gasteiger partial charge is 0.475 e. The van der Waals surface area contributed by atoms with Gasteiger partial charge in [-0.3, -0.25) is 24.9 Å². The van der Waals surface area contributed by atoms with Crippen molar-refractivity contribution in [3.05, 3.63) is 89.1 Å². The van der Waals surface area contributed by atoms with Gasteiger partial charge in [0.15, 0.2) is 0 Å². The summed E-state index contributed by atoms with van der Waals surface area (Å²) in [4.78, 5) is 43.5. The summed E-state index contributed by atoms with van der Waals surface area (Å²) >= 11 is 0. The van der Waals surface area contributed by atoms with Gasteiger partial charge in [-0.15, -0.1) is 0 Å². The standard InChI is InChI=1S/C38H47N9O3.C2H6/c1-26(2)50-35-11-8-31(21-43-35)37(40)33-20-32(9-10-34(33)39)47(25-48)17-13-27-12-16-45(22-27)23-36(49)46-18-14-29(15-19-46)28-4-6-30(7-5-28)38(41)44-24-42-3;1-2/h4-11,14,20-21,24-27,40H,12-13,15-19,22-23,39H2,1-3H3,(H2,41,42,44);1-2H3. The van der Waals surface area contributed by atoms with Crippen LogP contribution >= 0.6 is 0 Å². The zero-order chi connectivity index (χ0) is 37.6. The molecule has 0 saturated carbocycles. The van der Waals surface area contributed by atoms with E-state index >= 15 is 0 Å². The lowest BCUT2D eigenvalue weighted by Gasteiger charge is -2.28. The second kappa shape index (κ2) is 19.3. The molecule has 2 aromatic carbocycles. The van der Waals surface area contributed by atoms with Gasteiger partial charge in [0.05, 0.1) is 18.4 Å². The minimum Gasteiger partial charge on any atom is -0.475 e. The lowest BCUT2D eigenvalue weighted by atomic mass is 9.98. The minimum atomic E-state index is 0.00104. The number of ether oxygens (including phenoxy) is 1. The van der Waals surface area contributed by atoms with E-state index in [1.807, 2.05) is 56.9 Å². The zero-order valence-corrected chi connectivity index (χ0v) is 31.1. The van der Waals surface area contributed by atoms with E-state index in [-0.39, 0.29) is 17.7 Å². The summed E-state index contributed by atoms with van der Waals surface area (Å²) in [5.74, 6) is 1.43. The zero-order valence-electron chi connectivity index (χ0n) is 31.1. The number of pyridine rings is 1. The summed E-state index contributed by atoms with van der Waals surface area (Å²) in [6, 6.07) is 16.8. The maximum absolute atomic E-state index is 13.2. The molecule has 5 N–H and O–H groups in total. The summed E-state index contributed by atoms with van der Waals surface area (Å²) in [5, 5.41) is 8.78.